The third-order valence-electron chi connectivity index (χ3n) is 7.20. The van der Waals surface area contributed by atoms with Gasteiger partial charge < -0.3 is 24.5 Å². The molecular weight excluding hydrogens is 532 g/mol. The van der Waals surface area contributed by atoms with Gasteiger partial charge in [-0.25, -0.2) is 4.79 Å². The van der Waals surface area contributed by atoms with Crippen LogP contribution in [-0.4, -0.2) is 33.4 Å². The molecule has 1 aliphatic carbocycles. The minimum Gasteiger partial charge on any atom is -0.444 e. The van der Waals surface area contributed by atoms with E-state index in [1.54, 1.807) is 50.5 Å². The molecule has 0 unspecified atom stereocenters. The minimum atomic E-state index is -0.935. The Balaban J connectivity index is 1.43. The van der Waals surface area contributed by atoms with Crippen molar-refractivity contribution in [1.29, 1.82) is 0 Å². The lowest BCUT2D eigenvalue weighted by Crippen LogP contribution is -2.47. The van der Waals surface area contributed by atoms with Gasteiger partial charge in [-0.15, -0.1) is 0 Å². The normalized spacial score (nSPS) is 18.4. The summed E-state index contributed by atoms with van der Waals surface area (Å²) >= 11 is 6.58. The molecule has 2 aromatic heterocycles. The molecule has 4 aromatic rings. The average molecular weight is 565 g/mol. The molecule has 2 aromatic carbocycles. The van der Waals surface area contributed by atoms with E-state index in [-0.39, 0.29) is 23.6 Å². The van der Waals surface area contributed by atoms with Gasteiger partial charge in [-0.3, -0.25) is 9.59 Å². The highest BCUT2D eigenvalue weighted by Crippen LogP contribution is 2.35. The molecule has 0 spiro atoms. The summed E-state index contributed by atoms with van der Waals surface area (Å²) in [7, 11) is 0. The van der Waals surface area contributed by atoms with Crippen molar-refractivity contribution in [2.24, 2.45) is 0 Å². The lowest BCUT2D eigenvalue weighted by Gasteiger charge is -2.33. The second kappa shape index (κ2) is 11.0. The van der Waals surface area contributed by atoms with Crippen LogP contribution in [0.1, 0.15) is 69.9 Å². The van der Waals surface area contributed by atoms with Crippen LogP contribution in [-0.2, 0) is 9.53 Å². The lowest BCUT2D eigenvalue weighted by molar-refractivity contribution is -0.124. The van der Waals surface area contributed by atoms with Gasteiger partial charge in [0.1, 0.15) is 28.3 Å². The van der Waals surface area contributed by atoms with E-state index in [1.807, 2.05) is 30.3 Å². The third-order valence-corrected chi connectivity index (χ3v) is 7.51. The summed E-state index contributed by atoms with van der Waals surface area (Å²) in [4.78, 5) is 39.9. The fourth-order valence-electron chi connectivity index (χ4n) is 5.52. The lowest BCUT2D eigenvalue weighted by atomic mass is 9.89. The van der Waals surface area contributed by atoms with Gasteiger partial charge in [0.25, 0.3) is 5.56 Å². The van der Waals surface area contributed by atoms with Crippen molar-refractivity contribution in [3.05, 3.63) is 75.2 Å². The van der Waals surface area contributed by atoms with Crippen LogP contribution in [0.4, 0.5) is 4.79 Å². The van der Waals surface area contributed by atoms with Crippen LogP contribution >= 0.6 is 11.6 Å². The van der Waals surface area contributed by atoms with Crippen molar-refractivity contribution in [1.82, 2.24) is 20.4 Å². The molecule has 2 N–H and O–H groups in total. The summed E-state index contributed by atoms with van der Waals surface area (Å²) < 4.78 is 12.6. The number of benzene rings is 2. The Bertz CT molecular complexity index is 1620. The molecule has 1 saturated carbocycles. The van der Waals surface area contributed by atoms with Crippen molar-refractivity contribution < 1.29 is 18.8 Å². The first kappa shape index (κ1) is 27.7. The maximum atomic E-state index is 13.8. The molecule has 0 aliphatic heterocycles. The monoisotopic (exact) mass is 564 g/mol. The summed E-state index contributed by atoms with van der Waals surface area (Å²) in [5, 5.41) is 11.6. The first-order valence-electron chi connectivity index (χ1n) is 13.5. The van der Waals surface area contributed by atoms with Crippen LogP contribution in [0.5, 0.6) is 0 Å². The van der Waals surface area contributed by atoms with E-state index in [2.05, 4.69) is 15.8 Å². The SMILES string of the molecule is Cc1onc2c1c(=O)n([C@@H]1CCC[C@H](NC(=O)[C@H](NC(=O)OC(C)(C)C)c3ccccc3)C1)c1cccc(Cl)c21. The first-order chi connectivity index (χ1) is 19.0. The Morgan fingerprint density at radius 3 is 2.58 bits per heavy atom. The summed E-state index contributed by atoms with van der Waals surface area (Å²) in [6.07, 6.45) is 2.18. The molecule has 2 heterocycles. The van der Waals surface area contributed by atoms with E-state index in [0.717, 1.165) is 19.3 Å². The molecular formula is C30H33ClN4O5. The minimum absolute atomic E-state index is 0.180. The number of nitrogens with one attached hydrogen (secondary N) is 2. The predicted molar refractivity (Wildman–Crippen MR) is 154 cm³/mol. The zero-order valence-corrected chi connectivity index (χ0v) is 23.7. The van der Waals surface area contributed by atoms with Crippen LogP contribution in [0.2, 0.25) is 5.02 Å². The van der Waals surface area contributed by atoms with Gasteiger partial charge in [0, 0.05) is 17.5 Å². The van der Waals surface area contributed by atoms with Gasteiger partial charge in [0.2, 0.25) is 5.91 Å². The standard InChI is InChI=1S/C30H33ClN4O5/c1-17-23-26(34-40-17)24-21(31)14-9-15-22(24)35(28(23)37)20-13-8-12-19(16-20)32-27(36)25(18-10-6-5-7-11-18)33-29(38)39-30(2,3)4/h5-7,9-11,14-15,19-20,25H,8,12-13,16H2,1-4H3,(H,32,36)(H,33,38)/t19-,20+,25+/m0/s1. The Hall–Kier alpha value is -3.85. The number of pyridine rings is 1. The highest BCUT2D eigenvalue weighted by Gasteiger charge is 2.32. The second-order valence-electron chi connectivity index (χ2n) is 11.3. The number of amides is 2. The van der Waals surface area contributed by atoms with Crippen molar-refractivity contribution in [3.8, 4) is 0 Å². The molecule has 5 rings (SSSR count). The number of carbonyl (C=O) groups is 2. The number of ether oxygens (including phenoxy) is 1. The van der Waals surface area contributed by atoms with Gasteiger partial charge in [0.05, 0.1) is 10.5 Å². The quantitative estimate of drug-likeness (QED) is 0.308. The smallest absolute Gasteiger partial charge is 0.408 e. The van der Waals surface area contributed by atoms with E-state index in [9.17, 15) is 14.4 Å². The van der Waals surface area contributed by atoms with Gasteiger partial charge >= 0.3 is 6.09 Å². The molecule has 3 atom stereocenters. The van der Waals surface area contributed by atoms with Crippen molar-refractivity contribution >= 4 is 45.4 Å². The molecule has 40 heavy (non-hydrogen) atoms. The second-order valence-corrected chi connectivity index (χ2v) is 11.7. The average Bonchev–Trinajstić information content (AvgIpc) is 3.28. The van der Waals surface area contributed by atoms with Crippen molar-refractivity contribution in [2.75, 3.05) is 0 Å². The molecule has 0 bridgehead atoms. The van der Waals surface area contributed by atoms with Crippen molar-refractivity contribution in [2.45, 2.75) is 77.1 Å². The van der Waals surface area contributed by atoms with E-state index in [1.165, 1.54) is 0 Å². The number of fused-ring (bicyclic) bond motifs is 3. The molecule has 0 saturated heterocycles. The number of carbonyl (C=O) groups excluding carboxylic acids is 2. The zero-order valence-electron chi connectivity index (χ0n) is 23.0. The van der Waals surface area contributed by atoms with Crippen LogP contribution in [0.25, 0.3) is 21.8 Å². The van der Waals surface area contributed by atoms with Crippen molar-refractivity contribution in [3.63, 3.8) is 0 Å². The number of alkyl carbamates (subject to hydrolysis) is 1. The van der Waals surface area contributed by atoms with Gasteiger partial charge in [-0.2, -0.15) is 0 Å². The number of aromatic nitrogens is 2. The van der Waals surface area contributed by atoms with E-state index >= 15 is 0 Å². The molecule has 10 heteroatoms. The Morgan fingerprint density at radius 1 is 1.10 bits per heavy atom. The predicted octanol–water partition coefficient (Wildman–Crippen LogP) is 5.97. The summed E-state index contributed by atoms with van der Waals surface area (Å²) in [6, 6.07) is 13.2. The molecule has 9 nitrogen and oxygen atoms in total. The highest BCUT2D eigenvalue weighted by molar-refractivity contribution is 6.37. The van der Waals surface area contributed by atoms with Crippen LogP contribution in [0, 0.1) is 6.92 Å². The third kappa shape index (κ3) is 5.56. The summed E-state index contributed by atoms with van der Waals surface area (Å²) in [5.74, 6) is 0.100. The number of hydrogen-bond donors (Lipinski definition) is 2. The van der Waals surface area contributed by atoms with Crippen LogP contribution < -0.4 is 16.2 Å². The number of halogens is 1. The van der Waals surface area contributed by atoms with Crippen LogP contribution in [0.3, 0.4) is 0 Å². The molecule has 210 valence electrons. The maximum absolute atomic E-state index is 13.8. The van der Waals surface area contributed by atoms with Gasteiger partial charge in [-0.05, 0) is 71.1 Å². The Labute approximate surface area is 236 Å². The number of rotatable bonds is 5. The fourth-order valence-corrected chi connectivity index (χ4v) is 5.78. The molecule has 2 amide bonds. The number of nitrogens with zero attached hydrogens (tertiary/aromatic N) is 2. The van der Waals surface area contributed by atoms with E-state index in [4.69, 9.17) is 20.9 Å². The van der Waals surface area contributed by atoms with Crippen LogP contribution in [0.15, 0.2) is 57.8 Å². The van der Waals surface area contributed by atoms with Gasteiger partial charge in [-0.1, -0.05) is 53.2 Å². The zero-order chi connectivity index (χ0) is 28.6. The topological polar surface area (TPSA) is 115 Å². The molecule has 1 aliphatic rings. The van der Waals surface area contributed by atoms with E-state index < -0.39 is 17.7 Å². The molecule has 0 radical (unpaired) electrons. The van der Waals surface area contributed by atoms with E-state index in [0.29, 0.717) is 44.6 Å². The summed E-state index contributed by atoms with van der Waals surface area (Å²) in [6.45, 7) is 7.02. The fraction of sp³-hybridized carbons (Fsp3) is 0.400. The Morgan fingerprint density at radius 2 is 1.85 bits per heavy atom. The summed E-state index contributed by atoms with van der Waals surface area (Å²) in [5.41, 5.74) is 0.891. The molecule has 1 fully saturated rings. The number of aryl methyl sites for hydroxylation is 1. The number of hydrogen-bond acceptors (Lipinski definition) is 6. The maximum Gasteiger partial charge on any atom is 0.408 e. The first-order valence-corrected chi connectivity index (χ1v) is 13.8. The Kier molecular flexibility index (Phi) is 7.59. The van der Waals surface area contributed by atoms with Gasteiger partial charge in [0.15, 0.2) is 0 Å². The highest BCUT2D eigenvalue weighted by atomic mass is 35.5. The largest absolute Gasteiger partial charge is 0.444 e.